The molecule has 3 heterocycles. The number of aliphatic imine (C=N–C) groups is 1. The highest BCUT2D eigenvalue weighted by molar-refractivity contribution is 14.0. The third-order valence-electron chi connectivity index (χ3n) is 5.14. The molecule has 1 spiro atoms. The maximum absolute atomic E-state index is 11.6. The van der Waals surface area contributed by atoms with Gasteiger partial charge in [-0.15, -0.1) is 24.0 Å². The van der Waals surface area contributed by atoms with Crippen molar-refractivity contribution < 1.29 is 4.74 Å². The molecule has 1 aromatic heterocycles. The molecule has 140 valence electrons. The van der Waals surface area contributed by atoms with Crippen LogP contribution in [0.2, 0.25) is 0 Å². The number of nitrogens with one attached hydrogen (secondary N) is 1. The van der Waals surface area contributed by atoms with Crippen LogP contribution in [0.15, 0.2) is 34.2 Å². The summed E-state index contributed by atoms with van der Waals surface area (Å²) in [5, 5.41) is 3.47. The molecule has 7 heteroatoms. The molecule has 6 nitrogen and oxygen atoms in total. The minimum atomic E-state index is 0. The van der Waals surface area contributed by atoms with Gasteiger partial charge in [0.25, 0.3) is 0 Å². The number of rotatable bonds is 5. The summed E-state index contributed by atoms with van der Waals surface area (Å²) in [6.45, 7) is 5.55. The minimum Gasteiger partial charge on any atom is -0.381 e. The smallest absolute Gasteiger partial charge is 0.250 e. The number of pyridine rings is 1. The van der Waals surface area contributed by atoms with Crippen molar-refractivity contribution in [3.63, 3.8) is 0 Å². The number of hydrogen-bond donors (Lipinski definition) is 1. The van der Waals surface area contributed by atoms with Crippen LogP contribution >= 0.6 is 24.0 Å². The zero-order valence-corrected chi connectivity index (χ0v) is 17.3. The van der Waals surface area contributed by atoms with E-state index < -0.39 is 0 Å². The monoisotopic (exact) mass is 460 g/mol. The summed E-state index contributed by atoms with van der Waals surface area (Å²) in [5.41, 5.74) is 0.425. The number of ether oxygens (including phenoxy) is 1. The predicted octanol–water partition coefficient (Wildman–Crippen LogP) is 1.93. The van der Waals surface area contributed by atoms with Gasteiger partial charge in [-0.3, -0.25) is 9.79 Å². The van der Waals surface area contributed by atoms with Crippen molar-refractivity contribution >= 4 is 29.9 Å². The van der Waals surface area contributed by atoms with Crippen LogP contribution in [0.4, 0.5) is 0 Å². The number of likely N-dealkylation sites (tertiary alicyclic amines) is 1. The van der Waals surface area contributed by atoms with E-state index in [1.54, 1.807) is 16.7 Å². The molecule has 3 rings (SSSR count). The SMILES string of the molecule is CN=C(NCCCCn1ccccc1=O)N1CCC2(CCOC2)C1.I. The van der Waals surface area contributed by atoms with Crippen molar-refractivity contribution in [3.8, 4) is 0 Å². The van der Waals surface area contributed by atoms with Crippen LogP contribution < -0.4 is 10.9 Å². The number of halogens is 1. The molecule has 0 amide bonds. The maximum atomic E-state index is 11.6. The molecule has 1 atom stereocenters. The van der Waals surface area contributed by atoms with E-state index in [2.05, 4.69) is 15.2 Å². The van der Waals surface area contributed by atoms with Crippen LogP contribution in [-0.4, -0.2) is 55.3 Å². The van der Waals surface area contributed by atoms with Crippen LogP contribution in [0.3, 0.4) is 0 Å². The molecule has 0 aliphatic carbocycles. The molecule has 0 radical (unpaired) electrons. The second-order valence-corrected chi connectivity index (χ2v) is 6.89. The molecule has 1 N–H and O–H groups in total. The summed E-state index contributed by atoms with van der Waals surface area (Å²) in [5.74, 6) is 0.996. The van der Waals surface area contributed by atoms with Crippen LogP contribution in [0.5, 0.6) is 0 Å². The van der Waals surface area contributed by atoms with E-state index in [1.165, 1.54) is 12.8 Å². The number of nitrogens with zero attached hydrogens (tertiary/aromatic N) is 3. The van der Waals surface area contributed by atoms with Gasteiger partial charge in [-0.1, -0.05) is 6.07 Å². The second-order valence-electron chi connectivity index (χ2n) is 6.89. The maximum Gasteiger partial charge on any atom is 0.250 e. The van der Waals surface area contributed by atoms with Crippen LogP contribution in [-0.2, 0) is 11.3 Å². The van der Waals surface area contributed by atoms with E-state index in [0.29, 0.717) is 5.41 Å². The van der Waals surface area contributed by atoms with E-state index in [0.717, 1.165) is 58.2 Å². The van der Waals surface area contributed by atoms with Crippen LogP contribution in [0, 0.1) is 5.41 Å². The van der Waals surface area contributed by atoms with Crippen molar-refractivity contribution in [2.75, 3.05) is 39.9 Å². The summed E-state index contributed by atoms with van der Waals surface area (Å²) < 4.78 is 7.36. The predicted molar refractivity (Wildman–Crippen MR) is 111 cm³/mol. The number of hydrogen-bond acceptors (Lipinski definition) is 3. The van der Waals surface area contributed by atoms with E-state index >= 15 is 0 Å². The molecule has 0 saturated carbocycles. The fourth-order valence-electron chi connectivity index (χ4n) is 3.67. The van der Waals surface area contributed by atoms with Gasteiger partial charge in [0, 0.05) is 57.5 Å². The zero-order chi connectivity index (χ0) is 16.8. The molecule has 2 aliphatic heterocycles. The van der Waals surface area contributed by atoms with Gasteiger partial charge >= 0.3 is 0 Å². The van der Waals surface area contributed by atoms with Gasteiger partial charge in [-0.25, -0.2) is 0 Å². The van der Waals surface area contributed by atoms with Crippen molar-refractivity contribution in [2.24, 2.45) is 10.4 Å². The third kappa shape index (κ3) is 5.20. The molecule has 1 aromatic rings. The van der Waals surface area contributed by atoms with Crippen LogP contribution in [0.25, 0.3) is 0 Å². The Balaban J connectivity index is 0.00000225. The minimum absolute atomic E-state index is 0. The first-order valence-corrected chi connectivity index (χ1v) is 8.91. The lowest BCUT2D eigenvalue weighted by molar-refractivity contribution is 0.156. The molecule has 2 saturated heterocycles. The molecule has 0 aromatic carbocycles. The van der Waals surface area contributed by atoms with E-state index in [4.69, 9.17) is 4.74 Å². The Kier molecular flexibility index (Phi) is 7.74. The van der Waals surface area contributed by atoms with Gasteiger partial charge in [-0.2, -0.15) is 0 Å². The molecule has 1 unspecified atom stereocenters. The normalized spacial score (nSPS) is 23.1. The molecular weight excluding hydrogens is 431 g/mol. The molecule has 25 heavy (non-hydrogen) atoms. The summed E-state index contributed by atoms with van der Waals surface area (Å²) in [6, 6.07) is 5.29. The Morgan fingerprint density at radius 1 is 1.36 bits per heavy atom. The van der Waals surface area contributed by atoms with Crippen molar-refractivity contribution in [1.29, 1.82) is 0 Å². The Hall–Kier alpha value is -1.09. The van der Waals surface area contributed by atoms with Crippen molar-refractivity contribution in [1.82, 2.24) is 14.8 Å². The number of guanidine groups is 1. The summed E-state index contributed by atoms with van der Waals surface area (Å²) in [4.78, 5) is 18.4. The largest absolute Gasteiger partial charge is 0.381 e. The first-order valence-electron chi connectivity index (χ1n) is 8.91. The van der Waals surface area contributed by atoms with E-state index in [1.807, 2.05) is 19.3 Å². The first kappa shape index (κ1) is 20.2. The lowest BCUT2D eigenvalue weighted by Gasteiger charge is -2.25. The van der Waals surface area contributed by atoms with Gasteiger partial charge in [-0.05, 0) is 31.7 Å². The average Bonchev–Trinajstić information content (AvgIpc) is 3.23. The fourth-order valence-corrected chi connectivity index (χ4v) is 3.67. The van der Waals surface area contributed by atoms with Crippen molar-refractivity contribution in [3.05, 3.63) is 34.7 Å². The van der Waals surface area contributed by atoms with Crippen molar-refractivity contribution in [2.45, 2.75) is 32.2 Å². The number of unbranched alkanes of at least 4 members (excludes halogenated alkanes) is 1. The van der Waals surface area contributed by atoms with Gasteiger partial charge in [0.2, 0.25) is 5.56 Å². The molecule has 0 bridgehead atoms. The molecule has 2 fully saturated rings. The van der Waals surface area contributed by atoms with Gasteiger partial charge in [0.1, 0.15) is 0 Å². The number of aryl methyl sites for hydroxylation is 1. The summed E-state index contributed by atoms with van der Waals surface area (Å²) >= 11 is 0. The summed E-state index contributed by atoms with van der Waals surface area (Å²) in [7, 11) is 1.85. The highest BCUT2D eigenvalue weighted by Crippen LogP contribution is 2.38. The lowest BCUT2D eigenvalue weighted by Crippen LogP contribution is -2.41. The quantitative estimate of drug-likeness (QED) is 0.316. The number of aromatic nitrogens is 1. The van der Waals surface area contributed by atoms with Gasteiger partial charge < -0.3 is 19.5 Å². The van der Waals surface area contributed by atoms with E-state index in [-0.39, 0.29) is 29.5 Å². The Labute approximate surface area is 166 Å². The summed E-state index contributed by atoms with van der Waals surface area (Å²) in [6.07, 6.45) is 6.22. The Bertz CT molecular complexity index is 626. The first-order chi connectivity index (χ1) is 11.7. The standard InChI is InChI=1S/C18H28N4O2.HI/c1-19-17(22-12-7-18(14-22)8-13-24-15-18)20-9-3-5-11-21-10-4-2-6-16(21)23;/h2,4,6,10H,3,5,7-9,11-15H2,1H3,(H,19,20);1H. The zero-order valence-electron chi connectivity index (χ0n) is 14.9. The van der Waals surface area contributed by atoms with Gasteiger partial charge in [0.15, 0.2) is 5.96 Å². The topological polar surface area (TPSA) is 58.9 Å². The molecular formula is C18H29IN4O2. The average molecular weight is 460 g/mol. The van der Waals surface area contributed by atoms with Crippen LogP contribution in [0.1, 0.15) is 25.7 Å². The third-order valence-corrected chi connectivity index (χ3v) is 5.14. The second kappa shape index (κ2) is 9.56. The Morgan fingerprint density at radius 3 is 2.96 bits per heavy atom. The highest BCUT2D eigenvalue weighted by Gasteiger charge is 2.42. The Morgan fingerprint density at radius 2 is 2.24 bits per heavy atom. The highest BCUT2D eigenvalue weighted by atomic mass is 127. The van der Waals surface area contributed by atoms with E-state index in [9.17, 15) is 4.79 Å². The lowest BCUT2D eigenvalue weighted by atomic mass is 9.87. The fraction of sp³-hybridized carbons (Fsp3) is 0.667. The molecule has 2 aliphatic rings. The van der Waals surface area contributed by atoms with Gasteiger partial charge in [0.05, 0.1) is 6.61 Å².